The largest absolute Gasteiger partial charge is 0.389 e. The first-order chi connectivity index (χ1) is 9.98. The first-order valence-electron chi connectivity index (χ1n) is 7.07. The molecule has 1 aliphatic rings. The SMILES string of the molecule is CO[C@@H]1CCCC[C@@H](N(C)S(=O)(=O)c2cccnc2)[C@H]1O. The first kappa shape index (κ1) is 16.4. The normalized spacial score (nSPS) is 27.5. The van der Waals surface area contributed by atoms with Crippen LogP contribution in [0.4, 0.5) is 0 Å². The molecule has 2 rings (SSSR count). The highest BCUT2D eigenvalue weighted by molar-refractivity contribution is 7.89. The zero-order valence-electron chi connectivity index (χ0n) is 12.3. The van der Waals surface area contributed by atoms with Gasteiger partial charge in [0.1, 0.15) is 4.90 Å². The minimum absolute atomic E-state index is 0.137. The quantitative estimate of drug-likeness (QED) is 0.839. The van der Waals surface area contributed by atoms with E-state index in [-0.39, 0.29) is 11.0 Å². The topological polar surface area (TPSA) is 79.7 Å². The summed E-state index contributed by atoms with van der Waals surface area (Å²) in [7, 11) is -0.608. The third-order valence-corrected chi connectivity index (χ3v) is 5.96. The molecular formula is C14H22N2O4S. The standard InChI is InChI=1S/C14H22N2O4S/c1-16(21(18,19)11-6-5-9-15-10-11)12-7-3-4-8-13(20-2)14(12)17/h5-6,9-10,12-14,17H,3-4,7-8H2,1-2H3/t12-,13-,14-/m1/s1. The number of methoxy groups -OCH3 is 1. The molecule has 1 aliphatic carbocycles. The Morgan fingerprint density at radius 2 is 2.10 bits per heavy atom. The van der Waals surface area contributed by atoms with E-state index in [9.17, 15) is 13.5 Å². The van der Waals surface area contributed by atoms with Crippen LogP contribution in [0.5, 0.6) is 0 Å². The summed E-state index contributed by atoms with van der Waals surface area (Å²) in [6.07, 6.45) is 4.86. The average Bonchev–Trinajstić information content (AvgIpc) is 2.68. The summed E-state index contributed by atoms with van der Waals surface area (Å²) in [6, 6.07) is 2.61. The van der Waals surface area contributed by atoms with Crippen LogP contribution < -0.4 is 0 Å². The predicted octanol–water partition coefficient (Wildman–Crippen LogP) is 1.02. The molecule has 1 heterocycles. The Bertz CT molecular complexity index is 549. The number of hydrogen-bond acceptors (Lipinski definition) is 5. The Morgan fingerprint density at radius 1 is 1.38 bits per heavy atom. The molecule has 1 N–H and O–H groups in total. The van der Waals surface area contributed by atoms with Gasteiger partial charge in [-0.05, 0) is 25.0 Å². The lowest BCUT2D eigenvalue weighted by molar-refractivity contribution is -0.0389. The van der Waals surface area contributed by atoms with Crippen molar-refractivity contribution in [3.05, 3.63) is 24.5 Å². The Balaban J connectivity index is 2.27. The second-order valence-corrected chi connectivity index (χ2v) is 7.32. The summed E-state index contributed by atoms with van der Waals surface area (Å²) in [6.45, 7) is 0. The maximum absolute atomic E-state index is 12.6. The highest BCUT2D eigenvalue weighted by Gasteiger charge is 2.37. The third-order valence-electron chi connectivity index (χ3n) is 4.09. The number of ether oxygens (including phenoxy) is 1. The van der Waals surface area contributed by atoms with Crippen LogP contribution in [0, 0.1) is 0 Å². The van der Waals surface area contributed by atoms with Crippen molar-refractivity contribution in [3.63, 3.8) is 0 Å². The molecule has 0 aliphatic heterocycles. The van der Waals surface area contributed by atoms with E-state index in [1.54, 1.807) is 13.2 Å². The fourth-order valence-electron chi connectivity index (χ4n) is 2.79. The lowest BCUT2D eigenvalue weighted by Gasteiger charge is -2.32. The fourth-order valence-corrected chi connectivity index (χ4v) is 4.15. The lowest BCUT2D eigenvalue weighted by atomic mass is 10.0. The Morgan fingerprint density at radius 3 is 2.71 bits per heavy atom. The zero-order valence-corrected chi connectivity index (χ0v) is 13.2. The minimum Gasteiger partial charge on any atom is -0.389 e. The van der Waals surface area contributed by atoms with Gasteiger partial charge >= 0.3 is 0 Å². The van der Waals surface area contributed by atoms with Gasteiger partial charge in [0.25, 0.3) is 0 Å². The van der Waals surface area contributed by atoms with Crippen LogP contribution in [0.25, 0.3) is 0 Å². The molecule has 0 aromatic carbocycles. The van der Waals surface area contributed by atoms with Crippen molar-refractivity contribution in [1.29, 1.82) is 0 Å². The highest BCUT2D eigenvalue weighted by atomic mass is 32.2. The maximum atomic E-state index is 12.6. The number of aliphatic hydroxyl groups excluding tert-OH is 1. The van der Waals surface area contributed by atoms with Crippen molar-refractivity contribution in [2.24, 2.45) is 0 Å². The van der Waals surface area contributed by atoms with E-state index < -0.39 is 22.2 Å². The van der Waals surface area contributed by atoms with E-state index in [0.717, 1.165) is 19.3 Å². The maximum Gasteiger partial charge on any atom is 0.244 e. The van der Waals surface area contributed by atoms with Crippen LogP contribution in [-0.2, 0) is 14.8 Å². The summed E-state index contributed by atoms with van der Waals surface area (Å²) in [5.41, 5.74) is 0. The first-order valence-corrected chi connectivity index (χ1v) is 8.51. The van der Waals surface area contributed by atoms with Crippen LogP contribution >= 0.6 is 0 Å². The summed E-state index contributed by atoms with van der Waals surface area (Å²) in [4.78, 5) is 3.99. The molecular weight excluding hydrogens is 292 g/mol. The summed E-state index contributed by atoms with van der Waals surface area (Å²) >= 11 is 0. The molecule has 0 spiro atoms. The van der Waals surface area contributed by atoms with Crippen molar-refractivity contribution < 1.29 is 18.3 Å². The molecule has 7 heteroatoms. The number of aromatic nitrogens is 1. The molecule has 6 nitrogen and oxygen atoms in total. The van der Waals surface area contributed by atoms with Gasteiger partial charge < -0.3 is 9.84 Å². The van der Waals surface area contributed by atoms with Gasteiger partial charge in [-0.25, -0.2) is 8.42 Å². The van der Waals surface area contributed by atoms with Crippen molar-refractivity contribution >= 4 is 10.0 Å². The second kappa shape index (κ2) is 6.83. The lowest BCUT2D eigenvalue weighted by Crippen LogP contribution is -2.48. The van der Waals surface area contributed by atoms with Gasteiger partial charge in [0, 0.05) is 26.6 Å². The number of hydrogen-bond donors (Lipinski definition) is 1. The molecule has 0 bridgehead atoms. The van der Waals surface area contributed by atoms with E-state index in [2.05, 4.69) is 4.98 Å². The summed E-state index contributed by atoms with van der Waals surface area (Å²) < 4.78 is 31.8. The number of sulfonamides is 1. The Labute approximate surface area is 125 Å². The Kier molecular flexibility index (Phi) is 5.32. The van der Waals surface area contributed by atoms with E-state index in [4.69, 9.17) is 4.74 Å². The summed E-state index contributed by atoms with van der Waals surface area (Å²) in [5, 5.41) is 10.4. The average molecular weight is 314 g/mol. The van der Waals surface area contributed by atoms with Gasteiger partial charge in [-0.15, -0.1) is 0 Å². The van der Waals surface area contributed by atoms with Gasteiger partial charge in [0.2, 0.25) is 10.0 Å². The number of aliphatic hydroxyl groups is 1. The van der Waals surface area contributed by atoms with E-state index >= 15 is 0 Å². The minimum atomic E-state index is -3.66. The van der Waals surface area contributed by atoms with Gasteiger partial charge in [0.05, 0.1) is 18.2 Å². The molecule has 1 aromatic rings. The van der Waals surface area contributed by atoms with Gasteiger partial charge in [-0.1, -0.05) is 12.8 Å². The van der Waals surface area contributed by atoms with E-state index in [1.807, 2.05) is 0 Å². The van der Waals surface area contributed by atoms with E-state index in [0.29, 0.717) is 6.42 Å². The molecule has 0 saturated heterocycles. The molecule has 0 unspecified atom stereocenters. The zero-order chi connectivity index (χ0) is 15.5. The molecule has 21 heavy (non-hydrogen) atoms. The predicted molar refractivity (Wildman–Crippen MR) is 78.2 cm³/mol. The van der Waals surface area contributed by atoms with Crippen LogP contribution in [0.1, 0.15) is 25.7 Å². The fraction of sp³-hybridized carbons (Fsp3) is 0.643. The van der Waals surface area contributed by atoms with Crippen LogP contribution in [0.3, 0.4) is 0 Å². The number of pyridine rings is 1. The van der Waals surface area contributed by atoms with Gasteiger partial charge in [-0.3, -0.25) is 4.98 Å². The van der Waals surface area contributed by atoms with Crippen molar-refractivity contribution in [1.82, 2.24) is 9.29 Å². The van der Waals surface area contributed by atoms with Crippen LogP contribution in [-0.4, -0.2) is 55.2 Å². The second-order valence-electron chi connectivity index (χ2n) is 5.33. The molecule has 118 valence electrons. The molecule has 1 aromatic heterocycles. The van der Waals surface area contributed by atoms with Crippen molar-refractivity contribution in [2.45, 2.75) is 48.8 Å². The smallest absolute Gasteiger partial charge is 0.244 e. The van der Waals surface area contributed by atoms with Crippen molar-refractivity contribution in [2.75, 3.05) is 14.2 Å². The molecule has 0 amide bonds. The third kappa shape index (κ3) is 3.42. The van der Waals surface area contributed by atoms with Crippen LogP contribution in [0.2, 0.25) is 0 Å². The molecule has 0 radical (unpaired) electrons. The Hall–Kier alpha value is -1.02. The monoisotopic (exact) mass is 314 g/mol. The van der Waals surface area contributed by atoms with Gasteiger partial charge in [-0.2, -0.15) is 4.31 Å². The highest BCUT2D eigenvalue weighted by Crippen LogP contribution is 2.27. The number of likely N-dealkylation sites (N-methyl/N-ethyl adjacent to an activating group) is 1. The summed E-state index contributed by atoms with van der Waals surface area (Å²) in [5.74, 6) is 0. The molecule has 1 fully saturated rings. The number of nitrogens with zero attached hydrogens (tertiary/aromatic N) is 2. The van der Waals surface area contributed by atoms with E-state index in [1.165, 1.54) is 29.8 Å². The number of rotatable bonds is 4. The van der Waals surface area contributed by atoms with Crippen LogP contribution in [0.15, 0.2) is 29.4 Å². The van der Waals surface area contributed by atoms with Crippen molar-refractivity contribution in [3.8, 4) is 0 Å². The molecule has 3 atom stereocenters. The molecule has 1 saturated carbocycles. The van der Waals surface area contributed by atoms with Gasteiger partial charge in [0.15, 0.2) is 0 Å².